The average molecular weight is 278 g/mol. The number of hydrogen-bond donors (Lipinski definition) is 2. The van der Waals surface area contributed by atoms with Gasteiger partial charge in [-0.25, -0.2) is 0 Å². The molecule has 0 saturated carbocycles. The van der Waals surface area contributed by atoms with Gasteiger partial charge in [0.1, 0.15) is 0 Å². The molecule has 0 fully saturated rings. The van der Waals surface area contributed by atoms with Crippen LogP contribution in [0.3, 0.4) is 0 Å². The second kappa shape index (κ2) is 6.81. The van der Waals surface area contributed by atoms with Gasteiger partial charge >= 0.3 is 0 Å². The molecule has 0 saturated heterocycles. The molecule has 0 aromatic heterocycles. The van der Waals surface area contributed by atoms with Gasteiger partial charge in [-0.2, -0.15) is 0 Å². The van der Waals surface area contributed by atoms with E-state index in [-0.39, 0.29) is 37.2 Å². The molecule has 0 aliphatic rings. The number of nitrogens with zero attached hydrogens (tertiary/aromatic N) is 1. The molecule has 4 nitrogen and oxygen atoms in total. The summed E-state index contributed by atoms with van der Waals surface area (Å²) < 4.78 is 0. The lowest BCUT2D eigenvalue weighted by atomic mass is 10.2. The van der Waals surface area contributed by atoms with E-state index < -0.39 is 0 Å². The van der Waals surface area contributed by atoms with Crippen LogP contribution in [0.15, 0.2) is 18.2 Å². The maximum atomic E-state index is 12.0. The third kappa shape index (κ3) is 3.85. The van der Waals surface area contributed by atoms with Crippen LogP contribution in [0.1, 0.15) is 10.4 Å². The van der Waals surface area contributed by atoms with Crippen LogP contribution >= 0.6 is 23.2 Å². The third-order valence-electron chi connectivity index (χ3n) is 2.19. The molecule has 0 radical (unpaired) electrons. The van der Waals surface area contributed by atoms with E-state index in [1.54, 1.807) is 6.07 Å². The monoisotopic (exact) mass is 277 g/mol. The predicted molar refractivity (Wildman–Crippen MR) is 66.5 cm³/mol. The molecule has 6 heteroatoms. The normalized spacial score (nSPS) is 10.4. The highest BCUT2D eigenvalue weighted by molar-refractivity contribution is 6.36. The number of hydrogen-bond acceptors (Lipinski definition) is 3. The molecule has 1 rings (SSSR count). The van der Waals surface area contributed by atoms with Gasteiger partial charge in [0.05, 0.1) is 23.8 Å². The van der Waals surface area contributed by atoms with Gasteiger partial charge in [-0.15, -0.1) is 0 Å². The zero-order chi connectivity index (χ0) is 12.8. The van der Waals surface area contributed by atoms with Crippen molar-refractivity contribution in [2.45, 2.75) is 0 Å². The highest BCUT2D eigenvalue weighted by atomic mass is 35.5. The smallest absolute Gasteiger partial charge is 0.255 e. The summed E-state index contributed by atoms with van der Waals surface area (Å²) in [4.78, 5) is 13.4. The highest BCUT2D eigenvalue weighted by Gasteiger charge is 2.17. The molecule has 0 aliphatic heterocycles. The molecule has 0 heterocycles. The van der Waals surface area contributed by atoms with Crippen molar-refractivity contribution in [3.8, 4) is 0 Å². The Labute approximate surface area is 109 Å². The Morgan fingerprint density at radius 1 is 1.18 bits per heavy atom. The van der Waals surface area contributed by atoms with Crippen LogP contribution in [0, 0.1) is 0 Å². The lowest BCUT2D eigenvalue weighted by Gasteiger charge is -2.21. The van der Waals surface area contributed by atoms with Crippen LogP contribution in [-0.2, 0) is 0 Å². The summed E-state index contributed by atoms with van der Waals surface area (Å²) in [6.07, 6.45) is 0. The molecule has 0 bridgehead atoms. The molecular formula is C11H13Cl2NO3. The molecule has 2 N–H and O–H groups in total. The summed E-state index contributed by atoms with van der Waals surface area (Å²) in [6.45, 7) is -0.0371. The number of amides is 1. The second-order valence-electron chi connectivity index (χ2n) is 3.36. The van der Waals surface area contributed by atoms with Crippen molar-refractivity contribution >= 4 is 29.1 Å². The Hall–Kier alpha value is -0.810. The number of carbonyl (C=O) groups is 1. The van der Waals surface area contributed by atoms with Crippen LogP contribution in [0.2, 0.25) is 10.0 Å². The topological polar surface area (TPSA) is 60.8 Å². The van der Waals surface area contributed by atoms with E-state index in [0.29, 0.717) is 10.6 Å². The van der Waals surface area contributed by atoms with Crippen molar-refractivity contribution < 1.29 is 15.0 Å². The van der Waals surface area contributed by atoms with E-state index in [1.165, 1.54) is 17.0 Å². The first kappa shape index (κ1) is 14.3. The molecule has 1 aromatic rings. The second-order valence-corrected chi connectivity index (χ2v) is 4.21. The SMILES string of the molecule is O=C(c1ccc(Cl)cc1Cl)N(CCO)CCO. The molecule has 0 unspecified atom stereocenters. The van der Waals surface area contributed by atoms with Gasteiger partial charge in [0.2, 0.25) is 0 Å². The first-order valence-electron chi connectivity index (χ1n) is 5.06. The molecular weight excluding hydrogens is 265 g/mol. The van der Waals surface area contributed by atoms with Crippen LogP contribution in [-0.4, -0.2) is 47.3 Å². The molecule has 0 aliphatic carbocycles. The van der Waals surface area contributed by atoms with E-state index in [0.717, 1.165) is 0 Å². The summed E-state index contributed by atoms with van der Waals surface area (Å²) in [5.41, 5.74) is 0.304. The number of aliphatic hydroxyl groups is 2. The Morgan fingerprint density at radius 3 is 2.24 bits per heavy atom. The minimum atomic E-state index is -0.338. The molecule has 94 valence electrons. The molecule has 0 atom stereocenters. The van der Waals surface area contributed by atoms with Gasteiger partial charge in [0, 0.05) is 18.1 Å². The van der Waals surface area contributed by atoms with Gasteiger partial charge < -0.3 is 15.1 Å². The average Bonchev–Trinajstić information content (AvgIpc) is 2.28. The lowest BCUT2D eigenvalue weighted by Crippen LogP contribution is -2.36. The van der Waals surface area contributed by atoms with E-state index in [9.17, 15) is 4.79 Å². The van der Waals surface area contributed by atoms with Gasteiger partial charge in [-0.3, -0.25) is 4.79 Å². The summed E-state index contributed by atoms with van der Waals surface area (Å²) in [5, 5.41) is 18.4. The van der Waals surface area contributed by atoms with Gasteiger partial charge in [-0.05, 0) is 18.2 Å². The van der Waals surface area contributed by atoms with E-state index in [4.69, 9.17) is 33.4 Å². The number of halogens is 2. The number of aliphatic hydroxyl groups excluding tert-OH is 2. The molecule has 1 aromatic carbocycles. The largest absolute Gasteiger partial charge is 0.395 e. The van der Waals surface area contributed by atoms with E-state index in [1.807, 2.05) is 0 Å². The van der Waals surface area contributed by atoms with Crippen LogP contribution in [0.4, 0.5) is 0 Å². The maximum absolute atomic E-state index is 12.0. The maximum Gasteiger partial charge on any atom is 0.255 e. The van der Waals surface area contributed by atoms with Gasteiger partial charge in [0.25, 0.3) is 5.91 Å². The summed E-state index contributed by atoms with van der Waals surface area (Å²) >= 11 is 11.6. The van der Waals surface area contributed by atoms with Gasteiger partial charge in [-0.1, -0.05) is 23.2 Å². The quantitative estimate of drug-likeness (QED) is 0.856. The Morgan fingerprint density at radius 2 is 1.76 bits per heavy atom. The number of carbonyl (C=O) groups excluding carboxylic acids is 1. The Kier molecular flexibility index (Phi) is 5.71. The zero-order valence-electron chi connectivity index (χ0n) is 9.07. The summed E-state index contributed by atoms with van der Waals surface area (Å²) in [5.74, 6) is -0.338. The van der Waals surface area contributed by atoms with Crippen molar-refractivity contribution in [3.63, 3.8) is 0 Å². The Balaban J connectivity index is 2.92. The van der Waals surface area contributed by atoms with Crippen molar-refractivity contribution in [2.24, 2.45) is 0 Å². The summed E-state index contributed by atoms with van der Waals surface area (Å²) in [7, 11) is 0. The molecule has 0 spiro atoms. The molecule has 1 amide bonds. The van der Waals surface area contributed by atoms with Crippen molar-refractivity contribution in [3.05, 3.63) is 33.8 Å². The summed E-state index contributed by atoms with van der Waals surface area (Å²) in [6, 6.07) is 4.57. The van der Waals surface area contributed by atoms with E-state index in [2.05, 4.69) is 0 Å². The fraction of sp³-hybridized carbons (Fsp3) is 0.364. The predicted octanol–water partition coefficient (Wildman–Crippen LogP) is 1.42. The lowest BCUT2D eigenvalue weighted by molar-refractivity contribution is 0.0685. The van der Waals surface area contributed by atoms with Crippen molar-refractivity contribution in [1.29, 1.82) is 0 Å². The van der Waals surface area contributed by atoms with Gasteiger partial charge in [0.15, 0.2) is 0 Å². The first-order valence-corrected chi connectivity index (χ1v) is 5.81. The number of benzene rings is 1. The van der Waals surface area contributed by atoms with Crippen LogP contribution < -0.4 is 0 Å². The van der Waals surface area contributed by atoms with Crippen LogP contribution in [0.5, 0.6) is 0 Å². The minimum absolute atomic E-state index is 0.151. The van der Waals surface area contributed by atoms with E-state index >= 15 is 0 Å². The molecule has 17 heavy (non-hydrogen) atoms. The Bertz CT molecular complexity index is 392. The number of rotatable bonds is 5. The fourth-order valence-corrected chi connectivity index (χ4v) is 1.88. The van der Waals surface area contributed by atoms with Crippen LogP contribution in [0.25, 0.3) is 0 Å². The standard InChI is InChI=1S/C11H13Cl2NO3/c12-8-1-2-9(10(13)7-8)11(17)14(3-5-15)4-6-16/h1-2,7,15-16H,3-6H2. The minimum Gasteiger partial charge on any atom is -0.395 e. The third-order valence-corrected chi connectivity index (χ3v) is 2.74. The highest BCUT2D eigenvalue weighted by Crippen LogP contribution is 2.22. The first-order chi connectivity index (χ1) is 8.10. The van der Waals surface area contributed by atoms with Crippen molar-refractivity contribution in [1.82, 2.24) is 4.90 Å². The fourth-order valence-electron chi connectivity index (χ4n) is 1.39. The zero-order valence-corrected chi connectivity index (χ0v) is 10.6. The van der Waals surface area contributed by atoms with Crippen molar-refractivity contribution in [2.75, 3.05) is 26.3 Å².